The van der Waals surface area contributed by atoms with Gasteiger partial charge in [-0.3, -0.25) is 4.79 Å². The highest BCUT2D eigenvalue weighted by Crippen LogP contribution is 2.62. The summed E-state index contributed by atoms with van der Waals surface area (Å²) in [6, 6.07) is 7.21. The van der Waals surface area contributed by atoms with Crippen molar-refractivity contribution >= 4 is 16.9 Å². The lowest BCUT2D eigenvalue weighted by molar-refractivity contribution is -0.197. The van der Waals surface area contributed by atoms with Gasteiger partial charge in [0.15, 0.2) is 0 Å². The lowest BCUT2D eigenvalue weighted by Crippen LogP contribution is -2.58. The van der Waals surface area contributed by atoms with Crippen LogP contribution in [0.4, 0.5) is 0 Å². The van der Waals surface area contributed by atoms with Crippen molar-refractivity contribution in [3.63, 3.8) is 0 Å². The van der Waals surface area contributed by atoms with Crippen molar-refractivity contribution in [1.29, 1.82) is 0 Å². The van der Waals surface area contributed by atoms with Crippen molar-refractivity contribution in [3.8, 4) is 0 Å². The van der Waals surface area contributed by atoms with Crippen LogP contribution in [0.25, 0.3) is 11.0 Å². The zero-order chi connectivity index (χ0) is 19.5. The van der Waals surface area contributed by atoms with Gasteiger partial charge in [-0.1, -0.05) is 19.1 Å². The summed E-state index contributed by atoms with van der Waals surface area (Å²) < 4.78 is 11.1. The van der Waals surface area contributed by atoms with E-state index in [0.717, 1.165) is 49.5 Å². The van der Waals surface area contributed by atoms with Crippen LogP contribution in [-0.2, 0) is 22.6 Å². The van der Waals surface area contributed by atoms with E-state index in [1.54, 1.807) is 0 Å². The molecule has 0 spiro atoms. The van der Waals surface area contributed by atoms with Crippen molar-refractivity contribution in [2.24, 2.45) is 17.3 Å². The second-order valence-electron chi connectivity index (χ2n) is 9.32. The number of carbonyl (C=O) groups excluding carboxylic acids is 1. The molecule has 1 aromatic heterocycles. The standard InChI is InChI=1S/C23H26O5/c1-2-14-3-4-18-17(7-20(24)28-19(18)6-14)12-27-21(25)22-8-15-5-16(9-22)11-23(26,10-15)13-22/h3-4,6-7,15-16,26H,2,5,8-13H2,1H3/t15-,16-,22?,23?/m1/s1. The van der Waals surface area contributed by atoms with Gasteiger partial charge in [0.25, 0.3) is 0 Å². The Hall–Kier alpha value is -2.14. The Morgan fingerprint density at radius 2 is 1.96 bits per heavy atom. The molecule has 4 saturated carbocycles. The fraction of sp³-hybridized carbons (Fsp3) is 0.565. The number of rotatable bonds is 4. The van der Waals surface area contributed by atoms with Crippen molar-refractivity contribution in [3.05, 3.63) is 45.8 Å². The van der Waals surface area contributed by atoms with Gasteiger partial charge >= 0.3 is 11.6 Å². The van der Waals surface area contributed by atoms with Crippen LogP contribution >= 0.6 is 0 Å². The molecule has 148 valence electrons. The first kappa shape index (κ1) is 17.9. The number of carbonyl (C=O) groups is 1. The monoisotopic (exact) mass is 382 g/mol. The van der Waals surface area contributed by atoms with Gasteiger partial charge in [-0.05, 0) is 68.4 Å². The minimum Gasteiger partial charge on any atom is -0.460 e. The first-order valence-electron chi connectivity index (χ1n) is 10.3. The molecule has 0 radical (unpaired) electrons. The molecule has 0 aliphatic heterocycles. The van der Waals surface area contributed by atoms with Crippen molar-refractivity contribution < 1.29 is 19.1 Å². The molecule has 2 aromatic rings. The summed E-state index contributed by atoms with van der Waals surface area (Å²) in [7, 11) is 0. The summed E-state index contributed by atoms with van der Waals surface area (Å²) in [6.45, 7) is 2.10. The number of aliphatic hydroxyl groups is 1. The molecule has 6 rings (SSSR count). The van der Waals surface area contributed by atoms with Crippen molar-refractivity contribution in [2.75, 3.05) is 0 Å². The summed E-state index contributed by atoms with van der Waals surface area (Å²) in [5.74, 6) is 0.637. The Labute approximate surface area is 163 Å². The smallest absolute Gasteiger partial charge is 0.336 e. The van der Waals surface area contributed by atoms with E-state index >= 15 is 0 Å². The average Bonchev–Trinajstić information content (AvgIpc) is 2.63. The molecule has 0 saturated heterocycles. The van der Waals surface area contributed by atoms with Crippen LogP contribution in [0.5, 0.6) is 0 Å². The SMILES string of the molecule is CCc1ccc2c(COC(=O)C34C[C@H]5C[C@@H](CC(O)(C5)C3)C4)cc(=O)oc2c1. The third kappa shape index (κ3) is 2.87. The van der Waals surface area contributed by atoms with Gasteiger partial charge in [-0.25, -0.2) is 4.79 Å². The number of hydrogen-bond acceptors (Lipinski definition) is 5. The van der Waals surface area contributed by atoms with Gasteiger partial charge in [0.05, 0.1) is 11.0 Å². The molecule has 1 aromatic carbocycles. The summed E-state index contributed by atoms with van der Waals surface area (Å²) in [4.78, 5) is 25.1. The lowest BCUT2D eigenvalue weighted by Gasteiger charge is -2.58. The zero-order valence-corrected chi connectivity index (χ0v) is 16.2. The highest BCUT2D eigenvalue weighted by atomic mass is 16.5. The summed E-state index contributed by atoms with van der Waals surface area (Å²) in [6.07, 6.45) is 5.78. The normalized spacial score (nSPS) is 33.4. The van der Waals surface area contributed by atoms with E-state index in [9.17, 15) is 14.7 Å². The third-order valence-electron chi connectivity index (χ3n) is 7.12. The summed E-state index contributed by atoms with van der Waals surface area (Å²) in [5.41, 5.74) is 0.610. The fourth-order valence-electron chi connectivity index (χ4n) is 6.36. The number of aryl methyl sites for hydroxylation is 1. The third-order valence-corrected chi connectivity index (χ3v) is 7.12. The zero-order valence-electron chi connectivity index (χ0n) is 16.2. The Bertz CT molecular complexity index is 990. The number of hydrogen-bond donors (Lipinski definition) is 1. The predicted octanol–water partition coefficient (Wildman–Crippen LogP) is 3.73. The Morgan fingerprint density at radius 3 is 2.64 bits per heavy atom. The average molecular weight is 382 g/mol. The van der Waals surface area contributed by atoms with E-state index in [1.165, 1.54) is 6.07 Å². The minimum absolute atomic E-state index is 0.0575. The number of esters is 1. The van der Waals surface area contributed by atoms with Crippen LogP contribution < -0.4 is 5.63 Å². The molecule has 4 aliphatic carbocycles. The maximum absolute atomic E-state index is 13.1. The minimum atomic E-state index is -0.694. The van der Waals surface area contributed by atoms with Crippen molar-refractivity contribution in [1.82, 2.24) is 0 Å². The number of fused-ring (bicyclic) bond motifs is 1. The molecular weight excluding hydrogens is 356 g/mol. The van der Waals surface area contributed by atoms with Crippen molar-refractivity contribution in [2.45, 2.75) is 64.1 Å². The Kier molecular flexibility index (Phi) is 3.96. The summed E-state index contributed by atoms with van der Waals surface area (Å²) >= 11 is 0. The lowest BCUT2D eigenvalue weighted by atomic mass is 9.48. The topological polar surface area (TPSA) is 76.7 Å². The van der Waals surface area contributed by atoms with E-state index in [-0.39, 0.29) is 12.6 Å². The van der Waals surface area contributed by atoms with Crippen LogP contribution in [0.15, 0.2) is 33.5 Å². The quantitative estimate of drug-likeness (QED) is 0.644. The molecule has 1 N–H and O–H groups in total. The molecule has 4 aliphatic rings. The second kappa shape index (κ2) is 6.18. The molecule has 28 heavy (non-hydrogen) atoms. The Morgan fingerprint density at radius 1 is 1.21 bits per heavy atom. The van der Waals surface area contributed by atoms with Gasteiger partial charge in [0.2, 0.25) is 0 Å². The predicted molar refractivity (Wildman–Crippen MR) is 104 cm³/mol. The maximum Gasteiger partial charge on any atom is 0.336 e. The van der Waals surface area contributed by atoms with E-state index < -0.39 is 16.6 Å². The number of ether oxygens (including phenoxy) is 1. The number of benzene rings is 1. The van der Waals surface area contributed by atoms with Crippen LogP contribution in [0, 0.1) is 17.3 Å². The molecule has 2 atom stereocenters. The Balaban J connectivity index is 1.39. The first-order valence-corrected chi connectivity index (χ1v) is 10.3. The molecule has 4 bridgehead atoms. The molecule has 4 fully saturated rings. The molecule has 1 heterocycles. The molecule has 0 amide bonds. The molecular formula is C23H26O5. The van der Waals surface area contributed by atoms with E-state index in [2.05, 4.69) is 0 Å². The molecule has 0 unspecified atom stereocenters. The fourth-order valence-corrected chi connectivity index (χ4v) is 6.36. The highest BCUT2D eigenvalue weighted by molar-refractivity contribution is 5.82. The van der Waals surface area contributed by atoms with Crippen LogP contribution in [0.3, 0.4) is 0 Å². The van der Waals surface area contributed by atoms with Gasteiger partial charge in [-0.15, -0.1) is 0 Å². The second-order valence-corrected chi connectivity index (χ2v) is 9.32. The van der Waals surface area contributed by atoms with E-state index in [4.69, 9.17) is 9.15 Å². The molecule has 5 nitrogen and oxygen atoms in total. The van der Waals surface area contributed by atoms with Crippen LogP contribution in [0.2, 0.25) is 0 Å². The van der Waals surface area contributed by atoms with Crippen LogP contribution in [0.1, 0.15) is 56.6 Å². The highest BCUT2D eigenvalue weighted by Gasteiger charge is 2.60. The van der Waals surface area contributed by atoms with Gasteiger partial charge in [0.1, 0.15) is 12.2 Å². The largest absolute Gasteiger partial charge is 0.460 e. The molecule has 5 heteroatoms. The van der Waals surface area contributed by atoms with E-state index in [1.807, 2.05) is 25.1 Å². The van der Waals surface area contributed by atoms with Gasteiger partial charge < -0.3 is 14.3 Å². The summed E-state index contributed by atoms with van der Waals surface area (Å²) in [5, 5.41) is 11.7. The van der Waals surface area contributed by atoms with Gasteiger partial charge in [0, 0.05) is 17.0 Å². The van der Waals surface area contributed by atoms with Crippen LogP contribution in [-0.4, -0.2) is 16.7 Å². The maximum atomic E-state index is 13.1. The van der Waals surface area contributed by atoms with Gasteiger partial charge in [-0.2, -0.15) is 0 Å². The first-order chi connectivity index (χ1) is 13.4. The van der Waals surface area contributed by atoms with E-state index in [0.29, 0.717) is 29.4 Å².